The molecule has 58 heavy (non-hydrogen) atoms. The number of pyridine rings is 1. The van der Waals surface area contributed by atoms with Crippen LogP contribution < -0.4 is 25.0 Å². The minimum atomic E-state index is -0.872. The number of amides is 2. The number of aliphatic carboxylic acids is 2. The van der Waals surface area contributed by atoms with E-state index in [4.69, 9.17) is 10.2 Å². The molecule has 0 saturated heterocycles. The minimum absolute atomic E-state index is 0.0351. The molecule has 1 aliphatic heterocycles. The van der Waals surface area contributed by atoms with Crippen LogP contribution in [0.15, 0.2) is 103 Å². The van der Waals surface area contributed by atoms with Crippen molar-refractivity contribution in [2.45, 2.75) is 32.2 Å². The summed E-state index contributed by atoms with van der Waals surface area (Å²) in [6.07, 6.45) is 18.7. The molecule has 0 aliphatic carbocycles. The second kappa shape index (κ2) is 25.0. The number of hydrogen-bond donors (Lipinski definition) is 4. The molecule has 2 aromatic carbocycles. The number of carboxylic acid groups (broad SMARTS) is 2. The Kier molecular flexibility index (Phi) is 19.5. The van der Waals surface area contributed by atoms with Gasteiger partial charge in [0.05, 0.1) is 0 Å². The highest BCUT2D eigenvalue weighted by Gasteiger charge is 2.12. The molecule has 0 saturated carbocycles. The molecule has 1 aliphatic rings. The summed E-state index contributed by atoms with van der Waals surface area (Å²) < 4.78 is 2.13. The Hall–Kier alpha value is -5.47. The van der Waals surface area contributed by atoms with Crippen LogP contribution >= 0.6 is 21.6 Å². The van der Waals surface area contributed by atoms with Crippen molar-refractivity contribution in [1.29, 1.82) is 0 Å². The van der Waals surface area contributed by atoms with Gasteiger partial charge < -0.3 is 35.5 Å². The summed E-state index contributed by atoms with van der Waals surface area (Å²) in [6.45, 7) is 3.34. The fraction of sp³-hybridized carbons (Fsp3) is 0.341. The number of nitrogens with one attached hydrogen (secondary N) is 2. The van der Waals surface area contributed by atoms with E-state index in [1.165, 1.54) is 0 Å². The molecule has 2 heterocycles. The number of benzene rings is 2. The average Bonchev–Trinajstić information content (AvgIpc) is 3.21. The van der Waals surface area contributed by atoms with Gasteiger partial charge in [-0.2, -0.15) is 4.57 Å². The number of carboxylic acids is 2. The highest BCUT2D eigenvalue weighted by molar-refractivity contribution is 8.76. The molecule has 14 heteroatoms. The average molecular weight is 828 g/mol. The van der Waals surface area contributed by atoms with Gasteiger partial charge >= 0.3 is 11.9 Å². The van der Waals surface area contributed by atoms with Gasteiger partial charge in [0.15, 0.2) is 6.20 Å². The van der Waals surface area contributed by atoms with Gasteiger partial charge in [-0.15, -0.1) is 0 Å². The van der Waals surface area contributed by atoms with E-state index in [1.807, 2.05) is 97.2 Å². The van der Waals surface area contributed by atoms with E-state index in [1.54, 1.807) is 45.5 Å². The predicted octanol–water partition coefficient (Wildman–Crippen LogP) is 5.83. The van der Waals surface area contributed by atoms with Crippen molar-refractivity contribution in [1.82, 2.24) is 15.5 Å². The van der Waals surface area contributed by atoms with E-state index in [0.717, 1.165) is 64.9 Å². The monoisotopic (exact) mass is 827 g/mol. The standard InChI is InChI=1S/C44H54N6O6S2/c1-47(33-43(53)54)37-19-13-35(14-20-37)17-23-39-9-3-5-27-49(39)29-7-11-41(51)45-25-31-57-58-32-26-46-42(52)12-8-30-50-28-6-4-10-40(50)24-18-36-15-21-38(22-16-36)48(2)34-44(55)56/h3-6,9-10,13-24,27H,7-8,11-12,25-26,28-34H2,1-2H3,(H3-,45,46,51,52,53,54,55,56)/p+1/b24-18+. The maximum absolute atomic E-state index is 12.5. The number of carbonyl (C=O) groups is 4. The molecular weight excluding hydrogens is 773 g/mol. The molecule has 0 atom stereocenters. The molecule has 2 amide bonds. The minimum Gasteiger partial charge on any atom is -0.480 e. The number of aromatic nitrogens is 1. The van der Waals surface area contributed by atoms with Gasteiger partial charge in [0, 0.05) is 106 Å². The van der Waals surface area contributed by atoms with Crippen molar-refractivity contribution in [3.05, 3.63) is 120 Å². The molecule has 0 unspecified atom stereocenters. The van der Waals surface area contributed by atoms with Crippen LogP contribution in [0, 0.1) is 0 Å². The first kappa shape index (κ1) is 45.2. The van der Waals surface area contributed by atoms with Gasteiger partial charge in [0.1, 0.15) is 19.6 Å². The molecule has 0 radical (unpaired) electrons. The van der Waals surface area contributed by atoms with Crippen LogP contribution in [0.3, 0.4) is 0 Å². The van der Waals surface area contributed by atoms with Crippen LogP contribution in [0.2, 0.25) is 0 Å². The zero-order chi connectivity index (χ0) is 41.5. The molecule has 1 aromatic heterocycles. The van der Waals surface area contributed by atoms with Crippen LogP contribution in [0.1, 0.15) is 42.5 Å². The zero-order valence-corrected chi connectivity index (χ0v) is 34.9. The van der Waals surface area contributed by atoms with Gasteiger partial charge in [0.2, 0.25) is 17.5 Å². The van der Waals surface area contributed by atoms with Gasteiger partial charge in [-0.1, -0.05) is 64.1 Å². The zero-order valence-electron chi connectivity index (χ0n) is 33.3. The van der Waals surface area contributed by atoms with Crippen molar-refractivity contribution in [2.24, 2.45) is 0 Å². The van der Waals surface area contributed by atoms with E-state index in [9.17, 15) is 19.2 Å². The van der Waals surface area contributed by atoms with Gasteiger partial charge in [-0.3, -0.25) is 19.2 Å². The fourth-order valence-electron chi connectivity index (χ4n) is 6.02. The molecule has 4 rings (SSSR count). The SMILES string of the molecule is CN(CC(=O)O)c1ccc(/C=C/C2=CC=CCN2CCCC(=O)NCCSSCCNC(=O)CCC[n+]2ccccc2/C=C/c2ccc(N(C)CC(=O)O)cc2)cc1. The summed E-state index contributed by atoms with van der Waals surface area (Å²) in [5.74, 6) is -0.0866. The molecule has 12 nitrogen and oxygen atoms in total. The van der Waals surface area contributed by atoms with Gasteiger partial charge in [0.25, 0.3) is 0 Å². The largest absolute Gasteiger partial charge is 0.480 e. The number of carbonyl (C=O) groups excluding carboxylic acids is 2. The fourth-order valence-corrected chi connectivity index (χ4v) is 7.84. The predicted molar refractivity (Wildman–Crippen MR) is 237 cm³/mol. The normalized spacial score (nSPS) is 12.4. The summed E-state index contributed by atoms with van der Waals surface area (Å²) in [6, 6.07) is 21.5. The number of rotatable bonds is 25. The molecule has 4 N–H and O–H groups in total. The molecule has 0 fully saturated rings. The number of aryl methyl sites for hydroxylation is 1. The van der Waals surface area contributed by atoms with Crippen LogP contribution in [0.4, 0.5) is 11.4 Å². The molecule has 308 valence electrons. The van der Waals surface area contributed by atoms with Crippen LogP contribution in [0.5, 0.6) is 0 Å². The van der Waals surface area contributed by atoms with Crippen molar-refractivity contribution in [3.8, 4) is 0 Å². The summed E-state index contributed by atoms with van der Waals surface area (Å²) in [5.41, 5.74) is 5.81. The van der Waals surface area contributed by atoms with Crippen LogP contribution in [-0.4, -0.2) is 104 Å². The summed E-state index contributed by atoms with van der Waals surface area (Å²) in [4.78, 5) is 52.5. The molecule has 0 bridgehead atoms. The number of hydrogen-bond acceptors (Lipinski definition) is 9. The Morgan fingerprint density at radius 3 is 1.86 bits per heavy atom. The Labute approximate surface area is 349 Å². The number of likely N-dealkylation sites (N-methyl/N-ethyl adjacent to an activating group) is 2. The van der Waals surface area contributed by atoms with Gasteiger partial charge in [-0.25, -0.2) is 0 Å². The Balaban J connectivity index is 1.03. The first-order chi connectivity index (χ1) is 28.1. The topological polar surface area (TPSA) is 146 Å². The van der Waals surface area contributed by atoms with E-state index in [0.29, 0.717) is 38.9 Å². The number of anilines is 2. The van der Waals surface area contributed by atoms with Crippen LogP contribution in [0.25, 0.3) is 18.2 Å². The third-order valence-corrected chi connectivity index (χ3v) is 11.5. The Morgan fingerprint density at radius 2 is 1.29 bits per heavy atom. The molecule has 3 aromatic rings. The summed E-state index contributed by atoms with van der Waals surface area (Å²) >= 11 is 0. The highest BCUT2D eigenvalue weighted by atomic mass is 33.1. The second-order valence-electron chi connectivity index (χ2n) is 13.7. The lowest BCUT2D eigenvalue weighted by molar-refractivity contribution is -0.698. The molecule has 0 spiro atoms. The lowest BCUT2D eigenvalue weighted by atomic mass is 10.1. The van der Waals surface area contributed by atoms with E-state index in [-0.39, 0.29) is 24.9 Å². The Morgan fingerprint density at radius 1 is 0.741 bits per heavy atom. The summed E-state index contributed by atoms with van der Waals surface area (Å²) in [5, 5.41) is 24.0. The first-order valence-corrected chi connectivity index (χ1v) is 21.9. The third kappa shape index (κ3) is 16.9. The van der Waals surface area contributed by atoms with Crippen molar-refractivity contribution >= 4 is 74.9 Å². The summed E-state index contributed by atoms with van der Waals surface area (Å²) in [7, 11) is 6.88. The van der Waals surface area contributed by atoms with Gasteiger partial charge in [-0.05, 0) is 66.1 Å². The van der Waals surface area contributed by atoms with Crippen molar-refractivity contribution in [3.63, 3.8) is 0 Å². The third-order valence-electron chi connectivity index (χ3n) is 9.11. The maximum atomic E-state index is 12.5. The van der Waals surface area contributed by atoms with E-state index < -0.39 is 11.9 Å². The van der Waals surface area contributed by atoms with E-state index in [2.05, 4.69) is 38.3 Å². The van der Waals surface area contributed by atoms with Crippen molar-refractivity contribution in [2.75, 3.05) is 74.7 Å². The van der Waals surface area contributed by atoms with E-state index >= 15 is 0 Å². The smallest absolute Gasteiger partial charge is 0.323 e. The first-order valence-electron chi connectivity index (χ1n) is 19.4. The lowest BCUT2D eigenvalue weighted by Crippen LogP contribution is -2.37. The lowest BCUT2D eigenvalue weighted by Gasteiger charge is -2.26. The Bertz CT molecular complexity index is 1920. The quantitative estimate of drug-likeness (QED) is 0.0465. The highest BCUT2D eigenvalue weighted by Crippen LogP contribution is 2.20. The number of allylic oxidation sites excluding steroid dienone is 3. The maximum Gasteiger partial charge on any atom is 0.323 e. The van der Waals surface area contributed by atoms with Crippen molar-refractivity contribution < 1.29 is 34.0 Å². The molecular formula is C44H55N6O6S2+. The second-order valence-corrected chi connectivity index (χ2v) is 16.4. The van der Waals surface area contributed by atoms with Crippen LogP contribution in [-0.2, 0) is 25.7 Å². The number of nitrogens with zero attached hydrogens (tertiary/aromatic N) is 4.